The van der Waals surface area contributed by atoms with Gasteiger partial charge in [-0.2, -0.15) is 0 Å². The third-order valence-electron chi connectivity index (χ3n) is 2.63. The van der Waals surface area contributed by atoms with Crippen LogP contribution in [0.25, 0.3) is 10.7 Å². The first-order chi connectivity index (χ1) is 8.87. The molecule has 0 spiro atoms. The molecule has 2 heterocycles. The molecule has 0 saturated heterocycles. The Labute approximate surface area is 126 Å². The molecule has 5 heteroatoms. The summed E-state index contributed by atoms with van der Waals surface area (Å²) in [5, 5.41) is 4.46. The van der Waals surface area contributed by atoms with E-state index < -0.39 is 0 Å². The van der Waals surface area contributed by atoms with E-state index in [-0.39, 0.29) is 5.54 Å². The molecule has 0 saturated carbocycles. The fraction of sp³-hybridized carbons (Fsp3) is 0.429. The highest BCUT2D eigenvalue weighted by atomic mass is 79.9. The van der Waals surface area contributed by atoms with Gasteiger partial charge in [0.1, 0.15) is 10.7 Å². The molecule has 19 heavy (non-hydrogen) atoms. The fourth-order valence-corrected chi connectivity index (χ4v) is 3.17. The van der Waals surface area contributed by atoms with Gasteiger partial charge in [-0.25, -0.2) is 4.98 Å². The van der Waals surface area contributed by atoms with Crippen LogP contribution in [-0.2, 0) is 6.54 Å². The second kappa shape index (κ2) is 5.69. The van der Waals surface area contributed by atoms with Crippen LogP contribution in [0, 0.1) is 6.92 Å². The number of aryl methyl sites for hydroxylation is 1. The maximum Gasteiger partial charge on any atom is 0.143 e. The van der Waals surface area contributed by atoms with Crippen LogP contribution in [0.2, 0.25) is 0 Å². The Morgan fingerprint density at radius 2 is 2.11 bits per heavy atom. The van der Waals surface area contributed by atoms with Crippen LogP contribution in [0.1, 0.15) is 31.3 Å². The second-order valence-corrected chi connectivity index (χ2v) is 7.40. The summed E-state index contributed by atoms with van der Waals surface area (Å²) in [6.07, 6.45) is 1.80. The van der Waals surface area contributed by atoms with E-state index in [0.29, 0.717) is 0 Å². The smallest absolute Gasteiger partial charge is 0.143 e. The van der Waals surface area contributed by atoms with Crippen LogP contribution in [0.4, 0.5) is 0 Å². The Hall–Kier alpha value is -0.780. The number of nitrogens with zero attached hydrogens (tertiary/aromatic N) is 2. The molecule has 0 atom stereocenters. The van der Waals surface area contributed by atoms with E-state index in [1.165, 1.54) is 4.88 Å². The van der Waals surface area contributed by atoms with Gasteiger partial charge in [-0.3, -0.25) is 4.98 Å². The van der Waals surface area contributed by atoms with Crippen molar-refractivity contribution in [1.29, 1.82) is 0 Å². The first-order valence-corrected chi connectivity index (χ1v) is 7.80. The first kappa shape index (κ1) is 14.6. The van der Waals surface area contributed by atoms with Crippen LogP contribution < -0.4 is 5.32 Å². The average molecular weight is 340 g/mol. The molecule has 0 aromatic carbocycles. The summed E-state index contributed by atoms with van der Waals surface area (Å²) >= 11 is 5.23. The molecule has 2 rings (SSSR count). The van der Waals surface area contributed by atoms with Crippen molar-refractivity contribution in [3.05, 3.63) is 33.4 Å². The lowest BCUT2D eigenvalue weighted by molar-refractivity contribution is 0.425. The summed E-state index contributed by atoms with van der Waals surface area (Å²) in [5.41, 5.74) is 2.11. The molecule has 1 N–H and O–H groups in total. The molecule has 0 radical (unpaired) electrons. The number of halogens is 1. The van der Waals surface area contributed by atoms with Gasteiger partial charge in [0.05, 0.1) is 5.69 Å². The van der Waals surface area contributed by atoms with Gasteiger partial charge in [0.15, 0.2) is 0 Å². The minimum Gasteiger partial charge on any atom is -0.307 e. The number of hydrogen-bond donors (Lipinski definition) is 1. The zero-order chi connectivity index (χ0) is 14.0. The molecule has 2 aromatic rings. The normalized spacial score (nSPS) is 11.8. The van der Waals surface area contributed by atoms with Crippen molar-refractivity contribution >= 4 is 27.3 Å². The molecule has 2 aromatic heterocycles. The summed E-state index contributed by atoms with van der Waals surface area (Å²) in [6.45, 7) is 9.40. The molecular formula is C14H18BrN3S. The van der Waals surface area contributed by atoms with Gasteiger partial charge in [0, 0.05) is 27.6 Å². The van der Waals surface area contributed by atoms with Crippen molar-refractivity contribution in [2.24, 2.45) is 0 Å². The highest BCUT2D eigenvalue weighted by Crippen LogP contribution is 2.31. The highest BCUT2D eigenvalue weighted by molar-refractivity contribution is 9.10. The van der Waals surface area contributed by atoms with E-state index >= 15 is 0 Å². The quantitative estimate of drug-likeness (QED) is 0.912. The monoisotopic (exact) mass is 339 g/mol. The summed E-state index contributed by atoms with van der Waals surface area (Å²) in [5.74, 6) is 0. The Kier molecular flexibility index (Phi) is 4.38. The largest absolute Gasteiger partial charge is 0.307 e. The van der Waals surface area contributed by atoms with Crippen molar-refractivity contribution in [1.82, 2.24) is 15.3 Å². The molecule has 0 fully saturated rings. The third-order valence-corrected chi connectivity index (χ3v) is 4.44. The lowest BCUT2D eigenvalue weighted by Gasteiger charge is -2.19. The summed E-state index contributed by atoms with van der Waals surface area (Å²) in [6, 6.07) is 3.91. The van der Waals surface area contributed by atoms with Crippen molar-refractivity contribution in [3.63, 3.8) is 0 Å². The summed E-state index contributed by atoms with van der Waals surface area (Å²) in [4.78, 5) is 10.3. The molecule has 0 aliphatic heterocycles. The van der Waals surface area contributed by atoms with E-state index in [0.717, 1.165) is 27.4 Å². The van der Waals surface area contributed by atoms with Crippen molar-refractivity contribution in [3.8, 4) is 10.7 Å². The number of nitrogens with one attached hydrogen (secondary N) is 1. The zero-order valence-electron chi connectivity index (χ0n) is 11.6. The Morgan fingerprint density at radius 1 is 1.37 bits per heavy atom. The van der Waals surface area contributed by atoms with Crippen LogP contribution in [0.3, 0.4) is 0 Å². The SMILES string of the molecule is Cc1nc(-c2ncccc2Br)sc1CNC(C)(C)C. The Balaban J connectivity index is 2.24. The molecule has 0 amide bonds. The number of rotatable bonds is 3. The Bertz CT molecular complexity index is 572. The number of aromatic nitrogens is 2. The van der Waals surface area contributed by atoms with E-state index in [9.17, 15) is 0 Å². The fourth-order valence-electron chi connectivity index (χ4n) is 1.58. The standard InChI is InChI=1S/C14H18BrN3S/c1-9-11(8-17-14(2,3)4)19-13(18-9)12-10(15)6-5-7-16-12/h5-7,17H,8H2,1-4H3. The van der Waals surface area contributed by atoms with Crippen LogP contribution >= 0.6 is 27.3 Å². The molecule has 3 nitrogen and oxygen atoms in total. The zero-order valence-corrected chi connectivity index (χ0v) is 14.0. The third kappa shape index (κ3) is 3.84. The highest BCUT2D eigenvalue weighted by Gasteiger charge is 2.15. The predicted molar refractivity (Wildman–Crippen MR) is 84.4 cm³/mol. The van der Waals surface area contributed by atoms with Gasteiger partial charge in [0.25, 0.3) is 0 Å². The van der Waals surface area contributed by atoms with E-state index in [4.69, 9.17) is 0 Å². The lowest BCUT2D eigenvalue weighted by atomic mass is 10.1. The van der Waals surface area contributed by atoms with Crippen LogP contribution in [0.15, 0.2) is 22.8 Å². The van der Waals surface area contributed by atoms with Gasteiger partial charge in [-0.1, -0.05) is 0 Å². The maximum absolute atomic E-state index is 4.63. The van der Waals surface area contributed by atoms with Gasteiger partial charge in [0.2, 0.25) is 0 Å². The van der Waals surface area contributed by atoms with E-state index in [2.05, 4.69) is 58.9 Å². The van der Waals surface area contributed by atoms with Crippen molar-refractivity contribution in [2.45, 2.75) is 39.8 Å². The minimum atomic E-state index is 0.113. The summed E-state index contributed by atoms with van der Waals surface area (Å²) < 4.78 is 0.985. The number of pyridine rings is 1. The average Bonchev–Trinajstić information content (AvgIpc) is 2.68. The molecule has 0 bridgehead atoms. The summed E-state index contributed by atoms with van der Waals surface area (Å²) in [7, 11) is 0. The number of thiazole rings is 1. The van der Waals surface area contributed by atoms with E-state index in [1.54, 1.807) is 17.5 Å². The maximum atomic E-state index is 4.63. The van der Waals surface area contributed by atoms with Crippen molar-refractivity contribution < 1.29 is 0 Å². The second-order valence-electron chi connectivity index (χ2n) is 5.46. The van der Waals surface area contributed by atoms with Gasteiger partial charge in [-0.05, 0) is 55.8 Å². The predicted octanol–water partition coefficient (Wildman–Crippen LogP) is 4.16. The van der Waals surface area contributed by atoms with Crippen LogP contribution in [-0.4, -0.2) is 15.5 Å². The molecule has 0 aliphatic carbocycles. The lowest BCUT2D eigenvalue weighted by Crippen LogP contribution is -2.34. The van der Waals surface area contributed by atoms with Crippen molar-refractivity contribution in [2.75, 3.05) is 0 Å². The number of hydrogen-bond acceptors (Lipinski definition) is 4. The van der Waals surface area contributed by atoms with Gasteiger partial charge >= 0.3 is 0 Å². The van der Waals surface area contributed by atoms with Gasteiger partial charge < -0.3 is 5.32 Å². The van der Waals surface area contributed by atoms with E-state index in [1.807, 2.05) is 12.1 Å². The van der Waals surface area contributed by atoms with Gasteiger partial charge in [-0.15, -0.1) is 11.3 Å². The molecule has 0 unspecified atom stereocenters. The Morgan fingerprint density at radius 3 is 2.74 bits per heavy atom. The van der Waals surface area contributed by atoms with Crippen LogP contribution in [0.5, 0.6) is 0 Å². The first-order valence-electron chi connectivity index (χ1n) is 6.19. The molecule has 0 aliphatic rings. The molecule has 102 valence electrons. The molecular weight excluding hydrogens is 322 g/mol. The topological polar surface area (TPSA) is 37.8 Å². The minimum absolute atomic E-state index is 0.113.